The molecule has 3 nitrogen and oxygen atoms in total. The third-order valence-electron chi connectivity index (χ3n) is 4.76. The Morgan fingerprint density at radius 1 is 1.25 bits per heavy atom. The SMILES string of the molecule is COc1ccc2c(c1)CCCC2NC1CCCC1C#N. The maximum atomic E-state index is 9.22. The lowest BCUT2D eigenvalue weighted by Gasteiger charge is -2.30. The molecule has 3 heteroatoms. The Bertz CT molecular complexity index is 520. The summed E-state index contributed by atoms with van der Waals surface area (Å²) in [5, 5.41) is 13.0. The molecule has 3 unspecified atom stereocenters. The average Bonchev–Trinajstić information content (AvgIpc) is 2.94. The third kappa shape index (κ3) is 2.53. The molecule has 0 amide bonds. The summed E-state index contributed by atoms with van der Waals surface area (Å²) < 4.78 is 5.32. The minimum absolute atomic E-state index is 0.193. The van der Waals surface area contributed by atoms with Crippen LogP contribution in [0.5, 0.6) is 5.75 Å². The fourth-order valence-corrected chi connectivity index (χ4v) is 3.66. The molecule has 1 saturated carbocycles. The topological polar surface area (TPSA) is 45.0 Å². The van der Waals surface area contributed by atoms with E-state index >= 15 is 0 Å². The van der Waals surface area contributed by atoms with Crippen molar-refractivity contribution in [2.75, 3.05) is 7.11 Å². The van der Waals surface area contributed by atoms with Crippen molar-refractivity contribution in [2.45, 2.75) is 50.6 Å². The van der Waals surface area contributed by atoms with Crippen LogP contribution >= 0.6 is 0 Å². The predicted octanol–water partition coefficient (Wildman–Crippen LogP) is 3.35. The highest BCUT2D eigenvalue weighted by molar-refractivity contribution is 5.39. The number of fused-ring (bicyclic) bond motifs is 1. The third-order valence-corrected chi connectivity index (χ3v) is 4.76. The minimum atomic E-state index is 0.193. The van der Waals surface area contributed by atoms with Gasteiger partial charge in [-0.3, -0.25) is 0 Å². The van der Waals surface area contributed by atoms with E-state index in [4.69, 9.17) is 4.74 Å². The van der Waals surface area contributed by atoms with Crippen LogP contribution in [-0.2, 0) is 6.42 Å². The number of hydrogen-bond donors (Lipinski definition) is 1. The van der Waals surface area contributed by atoms with E-state index < -0.39 is 0 Å². The van der Waals surface area contributed by atoms with E-state index in [1.165, 1.54) is 30.4 Å². The summed E-state index contributed by atoms with van der Waals surface area (Å²) in [5.74, 6) is 1.14. The largest absolute Gasteiger partial charge is 0.497 e. The molecule has 0 aliphatic heterocycles. The Morgan fingerprint density at radius 2 is 2.15 bits per heavy atom. The van der Waals surface area contributed by atoms with Gasteiger partial charge in [-0.25, -0.2) is 0 Å². The summed E-state index contributed by atoms with van der Waals surface area (Å²) in [6.45, 7) is 0. The standard InChI is InChI=1S/C17H22N2O/c1-20-14-8-9-15-12(10-14)4-2-7-17(15)19-16-6-3-5-13(16)11-18/h8-10,13,16-17,19H,2-7H2,1H3. The van der Waals surface area contributed by atoms with Crippen LogP contribution < -0.4 is 10.1 Å². The Labute approximate surface area is 120 Å². The Kier molecular flexibility index (Phi) is 3.93. The second kappa shape index (κ2) is 5.85. The number of hydrogen-bond acceptors (Lipinski definition) is 3. The molecule has 3 atom stereocenters. The first-order valence-electron chi connectivity index (χ1n) is 7.64. The molecular formula is C17H22N2O. The fraction of sp³-hybridized carbons (Fsp3) is 0.588. The number of rotatable bonds is 3. The molecule has 1 aromatic rings. The minimum Gasteiger partial charge on any atom is -0.497 e. The van der Waals surface area contributed by atoms with Crippen molar-refractivity contribution in [3.05, 3.63) is 29.3 Å². The molecule has 0 bridgehead atoms. The fourth-order valence-electron chi connectivity index (χ4n) is 3.66. The van der Waals surface area contributed by atoms with Gasteiger partial charge >= 0.3 is 0 Å². The second-order valence-corrected chi connectivity index (χ2v) is 5.95. The average molecular weight is 270 g/mol. The Morgan fingerprint density at radius 3 is 2.95 bits per heavy atom. The number of nitrogens with one attached hydrogen (secondary N) is 1. The molecule has 0 spiro atoms. The van der Waals surface area contributed by atoms with Crippen LogP contribution in [0.3, 0.4) is 0 Å². The molecule has 106 valence electrons. The highest BCUT2D eigenvalue weighted by Gasteiger charge is 2.30. The molecule has 1 fully saturated rings. The zero-order valence-corrected chi connectivity index (χ0v) is 12.1. The first kappa shape index (κ1) is 13.5. The van der Waals surface area contributed by atoms with Gasteiger partial charge < -0.3 is 10.1 Å². The van der Waals surface area contributed by atoms with E-state index in [-0.39, 0.29) is 5.92 Å². The highest BCUT2D eigenvalue weighted by atomic mass is 16.5. The van der Waals surface area contributed by atoms with Crippen molar-refractivity contribution >= 4 is 0 Å². The number of aryl methyl sites for hydroxylation is 1. The smallest absolute Gasteiger partial charge is 0.119 e. The Hall–Kier alpha value is -1.53. The maximum Gasteiger partial charge on any atom is 0.119 e. The zero-order chi connectivity index (χ0) is 13.9. The van der Waals surface area contributed by atoms with Crippen molar-refractivity contribution < 1.29 is 4.74 Å². The number of nitrogens with zero attached hydrogens (tertiary/aromatic N) is 1. The number of nitriles is 1. The van der Waals surface area contributed by atoms with Gasteiger partial charge in [0.05, 0.1) is 19.1 Å². The molecule has 20 heavy (non-hydrogen) atoms. The lowest BCUT2D eigenvalue weighted by atomic mass is 9.86. The van der Waals surface area contributed by atoms with Crippen molar-refractivity contribution in [2.24, 2.45) is 5.92 Å². The number of ether oxygens (including phenoxy) is 1. The zero-order valence-electron chi connectivity index (χ0n) is 12.1. The maximum absolute atomic E-state index is 9.22. The monoisotopic (exact) mass is 270 g/mol. The van der Waals surface area contributed by atoms with E-state index in [1.54, 1.807) is 7.11 Å². The van der Waals surface area contributed by atoms with Gasteiger partial charge in [-0.1, -0.05) is 12.5 Å². The lowest BCUT2D eigenvalue weighted by molar-refractivity contribution is 0.367. The van der Waals surface area contributed by atoms with Gasteiger partial charge in [-0.2, -0.15) is 5.26 Å². The van der Waals surface area contributed by atoms with Crippen LogP contribution in [0.15, 0.2) is 18.2 Å². The van der Waals surface area contributed by atoms with Crippen LogP contribution in [-0.4, -0.2) is 13.2 Å². The quantitative estimate of drug-likeness (QED) is 0.916. The molecule has 0 aromatic heterocycles. The van der Waals surface area contributed by atoms with Gasteiger partial charge in [0.2, 0.25) is 0 Å². The second-order valence-electron chi connectivity index (χ2n) is 5.95. The summed E-state index contributed by atoms with van der Waals surface area (Å²) >= 11 is 0. The van der Waals surface area contributed by atoms with Crippen molar-refractivity contribution in [1.29, 1.82) is 5.26 Å². The molecule has 1 aromatic carbocycles. The summed E-state index contributed by atoms with van der Waals surface area (Å²) in [6, 6.07) is 9.66. The van der Waals surface area contributed by atoms with Crippen molar-refractivity contribution in [3.8, 4) is 11.8 Å². The van der Waals surface area contributed by atoms with E-state index in [1.807, 2.05) is 0 Å². The van der Waals surface area contributed by atoms with Crippen molar-refractivity contribution in [3.63, 3.8) is 0 Å². The molecule has 0 radical (unpaired) electrons. The molecule has 2 aliphatic carbocycles. The normalized spacial score (nSPS) is 28.7. The van der Waals surface area contributed by atoms with Crippen molar-refractivity contribution in [1.82, 2.24) is 5.32 Å². The lowest BCUT2D eigenvalue weighted by Crippen LogP contribution is -2.36. The number of benzene rings is 1. The summed E-state index contributed by atoms with van der Waals surface area (Å²) in [7, 11) is 1.72. The van der Waals surface area contributed by atoms with E-state index in [0.29, 0.717) is 12.1 Å². The highest BCUT2D eigenvalue weighted by Crippen LogP contribution is 2.35. The van der Waals surface area contributed by atoms with Gasteiger partial charge in [0, 0.05) is 12.1 Å². The van der Waals surface area contributed by atoms with Crippen LogP contribution in [0.1, 0.15) is 49.3 Å². The van der Waals surface area contributed by atoms with Gasteiger partial charge in [-0.15, -0.1) is 0 Å². The molecule has 0 saturated heterocycles. The number of methoxy groups -OCH3 is 1. The van der Waals surface area contributed by atoms with Gasteiger partial charge in [0.1, 0.15) is 5.75 Å². The molecule has 1 N–H and O–H groups in total. The molecular weight excluding hydrogens is 248 g/mol. The Balaban J connectivity index is 1.78. The molecule has 2 aliphatic rings. The first-order valence-corrected chi connectivity index (χ1v) is 7.64. The van der Waals surface area contributed by atoms with E-state index in [9.17, 15) is 5.26 Å². The van der Waals surface area contributed by atoms with E-state index in [2.05, 4.69) is 29.6 Å². The summed E-state index contributed by atoms with van der Waals surface area (Å²) in [6.07, 6.45) is 6.89. The van der Waals surface area contributed by atoms with E-state index in [0.717, 1.165) is 25.0 Å². The van der Waals surface area contributed by atoms with Gasteiger partial charge in [0.15, 0.2) is 0 Å². The van der Waals surface area contributed by atoms with Crippen LogP contribution in [0.4, 0.5) is 0 Å². The van der Waals surface area contributed by atoms with Gasteiger partial charge in [0.25, 0.3) is 0 Å². The van der Waals surface area contributed by atoms with Crippen LogP contribution in [0, 0.1) is 17.2 Å². The van der Waals surface area contributed by atoms with Crippen LogP contribution in [0.25, 0.3) is 0 Å². The summed E-state index contributed by atoms with van der Waals surface area (Å²) in [4.78, 5) is 0. The predicted molar refractivity (Wildman–Crippen MR) is 78.6 cm³/mol. The molecule has 3 rings (SSSR count). The van der Waals surface area contributed by atoms with Crippen LogP contribution in [0.2, 0.25) is 0 Å². The van der Waals surface area contributed by atoms with Gasteiger partial charge in [-0.05, 0) is 55.4 Å². The first-order chi connectivity index (χ1) is 9.81. The summed E-state index contributed by atoms with van der Waals surface area (Å²) in [5.41, 5.74) is 2.81. The molecule has 0 heterocycles.